The Morgan fingerprint density at radius 2 is 1.73 bits per heavy atom. The molecule has 0 bridgehead atoms. The average molecular weight is 347 g/mol. The van der Waals surface area contributed by atoms with E-state index in [4.69, 9.17) is 5.11 Å². The molecule has 0 aliphatic heterocycles. The van der Waals surface area contributed by atoms with Crippen LogP contribution in [0.25, 0.3) is 0 Å². The molecule has 6 heteroatoms. The summed E-state index contributed by atoms with van der Waals surface area (Å²) in [5.74, 6) is -0.160. The second kappa shape index (κ2) is 8.35. The topological polar surface area (TPSA) is 54.4 Å². The molecule has 15 heavy (non-hydrogen) atoms. The van der Waals surface area contributed by atoms with Crippen molar-refractivity contribution in [1.29, 1.82) is 0 Å². The van der Waals surface area contributed by atoms with Gasteiger partial charge in [0.2, 0.25) is 0 Å². The van der Waals surface area contributed by atoms with Gasteiger partial charge in [-0.3, -0.25) is 9.59 Å². The van der Waals surface area contributed by atoms with Gasteiger partial charge in [-0.2, -0.15) is 0 Å². The molecule has 0 aromatic rings. The molecule has 4 nitrogen and oxygen atoms in total. The lowest BCUT2D eigenvalue weighted by molar-refractivity contribution is -0.867. The molecule has 0 unspecified atom stereocenters. The fourth-order valence-corrected chi connectivity index (χ4v) is 1.83. The van der Waals surface area contributed by atoms with E-state index >= 15 is 0 Å². The van der Waals surface area contributed by atoms with E-state index < -0.39 is 5.97 Å². The zero-order chi connectivity index (χ0) is 11.2. The lowest BCUT2D eigenvalue weighted by atomic mass is 10.3. The summed E-state index contributed by atoms with van der Waals surface area (Å²) in [6.07, 6.45) is 0.0767. The van der Waals surface area contributed by atoms with Crippen LogP contribution in [0, 0.1) is 0 Å². The van der Waals surface area contributed by atoms with Crippen molar-refractivity contribution in [1.82, 2.24) is 0 Å². The molecule has 0 saturated heterocycles. The van der Waals surface area contributed by atoms with Gasteiger partial charge in [0, 0.05) is 6.42 Å². The zero-order valence-corrected chi connectivity index (χ0v) is 12.3. The van der Waals surface area contributed by atoms with Crippen LogP contribution in [0.3, 0.4) is 0 Å². The molecule has 1 N–H and O–H groups in total. The summed E-state index contributed by atoms with van der Waals surface area (Å²) in [6.45, 7) is 0.906. The van der Waals surface area contributed by atoms with Crippen molar-refractivity contribution in [3.8, 4) is 0 Å². The quantitative estimate of drug-likeness (QED) is 0.439. The van der Waals surface area contributed by atoms with Crippen LogP contribution < -0.4 is 24.0 Å². The Labute approximate surface area is 112 Å². The fraction of sp³-hybridized carbons (Fsp3) is 0.778. The third-order valence-corrected chi connectivity index (χ3v) is 2.48. The summed E-state index contributed by atoms with van der Waals surface area (Å²) >= 11 is 1.23. The molecule has 0 aliphatic rings. The lowest BCUT2D eigenvalue weighted by Crippen LogP contribution is -3.00. The van der Waals surface area contributed by atoms with Crippen molar-refractivity contribution < 1.29 is 43.2 Å². The van der Waals surface area contributed by atoms with Crippen LogP contribution in [0.15, 0.2) is 0 Å². The van der Waals surface area contributed by atoms with E-state index in [0.717, 1.165) is 16.8 Å². The molecule has 0 heterocycles. The average Bonchev–Trinajstić information content (AvgIpc) is 1.98. The van der Waals surface area contributed by atoms with Crippen molar-refractivity contribution >= 4 is 22.8 Å². The van der Waals surface area contributed by atoms with Crippen LogP contribution in [0.4, 0.5) is 0 Å². The first-order valence-corrected chi connectivity index (χ1v) is 5.48. The van der Waals surface area contributed by atoms with Crippen LogP contribution in [0.5, 0.6) is 0 Å². The zero-order valence-electron chi connectivity index (χ0n) is 9.33. The Morgan fingerprint density at radius 1 is 1.20 bits per heavy atom. The molecular weight excluding hydrogens is 329 g/mol. The number of rotatable bonds is 6. The van der Waals surface area contributed by atoms with Gasteiger partial charge in [-0.15, -0.1) is 0 Å². The summed E-state index contributed by atoms with van der Waals surface area (Å²) in [7, 11) is 6.17. The Hall–Kier alpha value is 0.180. The second-order valence-corrected chi connectivity index (χ2v) is 5.28. The summed E-state index contributed by atoms with van der Waals surface area (Å²) in [5, 5.41) is 8.33. The van der Waals surface area contributed by atoms with Crippen molar-refractivity contribution in [2.24, 2.45) is 0 Å². The van der Waals surface area contributed by atoms with E-state index in [1.165, 1.54) is 11.8 Å². The first kappa shape index (κ1) is 17.6. The van der Waals surface area contributed by atoms with Crippen molar-refractivity contribution in [3.05, 3.63) is 0 Å². The van der Waals surface area contributed by atoms with Crippen molar-refractivity contribution in [3.63, 3.8) is 0 Å². The number of halogens is 1. The van der Waals surface area contributed by atoms with Gasteiger partial charge in [-0.25, -0.2) is 0 Å². The highest BCUT2D eigenvalue weighted by Crippen LogP contribution is 2.08. The van der Waals surface area contributed by atoms with Crippen molar-refractivity contribution in [2.45, 2.75) is 12.8 Å². The van der Waals surface area contributed by atoms with Crippen LogP contribution >= 0.6 is 11.8 Å². The first-order chi connectivity index (χ1) is 6.31. The van der Waals surface area contributed by atoms with E-state index in [9.17, 15) is 9.59 Å². The fourth-order valence-electron chi connectivity index (χ4n) is 0.715. The minimum atomic E-state index is -0.912. The van der Waals surface area contributed by atoms with Crippen LogP contribution in [0.2, 0.25) is 0 Å². The molecule has 0 saturated carbocycles. The number of carbonyl (C=O) groups excluding carboxylic acids is 1. The molecule has 0 radical (unpaired) electrons. The number of hydrogen-bond donors (Lipinski definition) is 1. The highest BCUT2D eigenvalue weighted by Gasteiger charge is 2.10. The number of quaternary nitrogens is 1. The van der Waals surface area contributed by atoms with Gasteiger partial charge in [0.25, 0.3) is 0 Å². The molecular formula is C9H18INO3S. The van der Waals surface area contributed by atoms with Crippen molar-refractivity contribution in [2.75, 3.05) is 33.4 Å². The third kappa shape index (κ3) is 14.2. The SMILES string of the molecule is C[N+](C)(C)CCSC(=O)CCC(=O)O.[I-]. The monoisotopic (exact) mass is 347 g/mol. The molecule has 0 fully saturated rings. The third-order valence-electron chi connectivity index (χ3n) is 1.57. The summed E-state index contributed by atoms with van der Waals surface area (Å²) in [5.41, 5.74) is 0. The smallest absolute Gasteiger partial charge is 0.303 e. The lowest BCUT2D eigenvalue weighted by Gasteiger charge is -2.23. The van der Waals surface area contributed by atoms with Gasteiger partial charge < -0.3 is 33.6 Å². The number of nitrogens with zero attached hydrogens (tertiary/aromatic N) is 1. The maximum atomic E-state index is 11.1. The van der Waals surface area contributed by atoms with Gasteiger partial charge >= 0.3 is 5.97 Å². The number of carboxylic acids is 1. The Kier molecular flexibility index (Phi) is 9.78. The van der Waals surface area contributed by atoms with Crippen LogP contribution in [-0.2, 0) is 9.59 Å². The molecule has 0 aliphatic carbocycles. The molecule has 0 rings (SSSR count). The maximum absolute atomic E-state index is 11.1. The second-order valence-electron chi connectivity index (χ2n) is 4.13. The van der Waals surface area contributed by atoms with Crippen LogP contribution in [-0.4, -0.2) is 54.1 Å². The summed E-state index contributed by atoms with van der Waals surface area (Å²) in [6, 6.07) is 0. The van der Waals surface area contributed by atoms with E-state index in [-0.39, 0.29) is 41.9 Å². The van der Waals surface area contributed by atoms with Crippen LogP contribution in [0.1, 0.15) is 12.8 Å². The molecule has 0 amide bonds. The number of carboxylic acid groups (broad SMARTS) is 1. The predicted octanol–water partition coefficient (Wildman–Crippen LogP) is -2.18. The molecule has 0 spiro atoms. The normalized spacial score (nSPS) is 10.6. The Balaban J connectivity index is 0. The van der Waals surface area contributed by atoms with Gasteiger partial charge in [-0.05, 0) is 0 Å². The van der Waals surface area contributed by atoms with Gasteiger partial charge in [-0.1, -0.05) is 11.8 Å². The molecule has 0 aromatic heterocycles. The van der Waals surface area contributed by atoms with E-state index in [2.05, 4.69) is 21.1 Å². The maximum Gasteiger partial charge on any atom is 0.303 e. The number of thioether (sulfide) groups is 1. The van der Waals surface area contributed by atoms with Gasteiger partial charge in [0.15, 0.2) is 5.12 Å². The minimum absolute atomic E-state index is 0. The Morgan fingerprint density at radius 3 is 2.13 bits per heavy atom. The summed E-state index contributed by atoms with van der Waals surface area (Å²) < 4.78 is 0.819. The highest BCUT2D eigenvalue weighted by molar-refractivity contribution is 8.13. The molecule has 0 atom stereocenters. The largest absolute Gasteiger partial charge is 1.00 e. The minimum Gasteiger partial charge on any atom is -1.00 e. The van der Waals surface area contributed by atoms with Gasteiger partial charge in [0.1, 0.15) is 0 Å². The molecule has 0 aromatic carbocycles. The standard InChI is InChI=1S/C9H17NO3S.HI/c1-10(2,3)6-7-14-9(13)5-4-8(11)12;/h4-7H2,1-3H3;1H. The van der Waals surface area contributed by atoms with Gasteiger partial charge in [0.05, 0.1) is 39.9 Å². The predicted molar refractivity (Wildman–Crippen MR) is 57.2 cm³/mol. The number of hydrogen-bond acceptors (Lipinski definition) is 3. The number of carbonyl (C=O) groups is 2. The van der Waals surface area contributed by atoms with E-state index in [1.54, 1.807) is 0 Å². The first-order valence-electron chi connectivity index (χ1n) is 4.49. The van der Waals surface area contributed by atoms with E-state index in [1.807, 2.05) is 0 Å². The van der Waals surface area contributed by atoms with E-state index in [0.29, 0.717) is 0 Å². The summed E-state index contributed by atoms with van der Waals surface area (Å²) in [4.78, 5) is 21.3. The molecule has 90 valence electrons. The number of aliphatic carboxylic acids is 1. The Bertz CT molecular complexity index is 216. The highest BCUT2D eigenvalue weighted by atomic mass is 127.